The van der Waals surface area contributed by atoms with Crippen LogP contribution in [0.2, 0.25) is 0 Å². The van der Waals surface area contributed by atoms with E-state index in [4.69, 9.17) is 4.74 Å². The number of aromatic nitrogens is 1. The molecule has 1 aromatic heterocycles. The predicted octanol–water partition coefficient (Wildman–Crippen LogP) is 4.40. The van der Waals surface area contributed by atoms with Crippen LogP contribution in [-0.4, -0.2) is 73.7 Å². The molecule has 3 aromatic rings. The molecule has 42 heavy (non-hydrogen) atoms. The number of nitrogens with one attached hydrogen (secondary N) is 1. The molecule has 0 bridgehead atoms. The second kappa shape index (κ2) is 14.9. The number of amides is 2. The van der Waals surface area contributed by atoms with Crippen LogP contribution in [0.25, 0.3) is 0 Å². The number of carbonyl (C=O) groups excluding carboxylic acids is 2. The maximum Gasteiger partial charge on any atom is 0.408 e. The molecule has 2 aromatic carbocycles. The lowest BCUT2D eigenvalue weighted by molar-refractivity contribution is -0.133. The first kappa shape index (κ1) is 31.2. The topological polar surface area (TPSA) is 109 Å². The Hall–Kier alpha value is -3.76. The molecule has 0 aliphatic carbocycles. The lowest BCUT2D eigenvalue weighted by atomic mass is 10.0. The number of hydrogen-bond donors (Lipinski definition) is 1. The standard InChI is InChI=1S/C32H40N4O5S/c1-3-36(31(37)23-25-12-14-29(15-13-25)42(2,39)40)28-16-20-35(21-17-28)22-18-30(26-9-5-4-6-10-26)41-32(38)34-24-27-11-7-8-19-33-27/h4-15,19,28,30H,3,16-18,20-24H2,1-2H3,(H,34,38). The van der Waals surface area contributed by atoms with Crippen LogP contribution in [0.3, 0.4) is 0 Å². The molecule has 0 radical (unpaired) electrons. The fraction of sp³-hybridized carbons (Fsp3) is 0.406. The molecule has 224 valence electrons. The van der Waals surface area contributed by atoms with Gasteiger partial charge >= 0.3 is 6.09 Å². The Morgan fingerprint density at radius 2 is 1.71 bits per heavy atom. The van der Waals surface area contributed by atoms with Gasteiger partial charge in [0.15, 0.2) is 9.84 Å². The third kappa shape index (κ3) is 9.12. The molecule has 4 rings (SSSR count). The normalized spacial score (nSPS) is 15.1. The van der Waals surface area contributed by atoms with Gasteiger partial charge in [-0.15, -0.1) is 0 Å². The van der Waals surface area contributed by atoms with Gasteiger partial charge in [0.1, 0.15) is 6.10 Å². The molecule has 1 saturated heterocycles. The second-order valence-corrected chi connectivity index (χ2v) is 12.6. The monoisotopic (exact) mass is 592 g/mol. The summed E-state index contributed by atoms with van der Waals surface area (Å²) in [6, 6.07) is 22.1. The maximum atomic E-state index is 13.2. The Morgan fingerprint density at radius 3 is 2.33 bits per heavy atom. The molecule has 2 heterocycles. The summed E-state index contributed by atoms with van der Waals surface area (Å²) in [5.74, 6) is 0.0531. The zero-order valence-electron chi connectivity index (χ0n) is 24.3. The third-order valence-corrected chi connectivity index (χ3v) is 8.76. The van der Waals surface area contributed by atoms with Crippen molar-refractivity contribution in [3.8, 4) is 0 Å². The Balaban J connectivity index is 1.27. The van der Waals surface area contributed by atoms with E-state index in [1.807, 2.05) is 60.4 Å². The summed E-state index contributed by atoms with van der Waals surface area (Å²) < 4.78 is 29.3. The molecule has 10 heteroatoms. The average molecular weight is 593 g/mol. The van der Waals surface area contributed by atoms with Gasteiger partial charge in [-0.05, 0) is 55.2 Å². The van der Waals surface area contributed by atoms with E-state index >= 15 is 0 Å². The average Bonchev–Trinajstić information content (AvgIpc) is 3.00. The lowest BCUT2D eigenvalue weighted by Crippen LogP contribution is -2.48. The number of pyridine rings is 1. The predicted molar refractivity (Wildman–Crippen MR) is 161 cm³/mol. The summed E-state index contributed by atoms with van der Waals surface area (Å²) in [6.07, 6.45) is 4.65. The molecule has 9 nitrogen and oxygen atoms in total. The highest BCUT2D eigenvalue weighted by atomic mass is 32.2. The summed E-state index contributed by atoms with van der Waals surface area (Å²) in [7, 11) is -3.27. The maximum absolute atomic E-state index is 13.2. The lowest BCUT2D eigenvalue weighted by Gasteiger charge is -2.38. The zero-order valence-corrected chi connectivity index (χ0v) is 25.1. The summed E-state index contributed by atoms with van der Waals surface area (Å²) in [5.41, 5.74) is 2.52. The van der Waals surface area contributed by atoms with Crippen LogP contribution in [0.5, 0.6) is 0 Å². The Labute approximate surface area is 248 Å². The van der Waals surface area contributed by atoms with Gasteiger partial charge in [-0.25, -0.2) is 13.2 Å². The SMILES string of the molecule is CCN(C(=O)Cc1ccc(S(C)(=O)=O)cc1)C1CCN(CCC(OC(=O)NCc2ccccn2)c2ccccc2)CC1. The molecule has 1 aliphatic rings. The summed E-state index contributed by atoms with van der Waals surface area (Å²) in [6.45, 7) is 5.40. The number of rotatable bonds is 12. The number of alkyl carbamates (subject to hydrolysis) is 1. The van der Waals surface area contributed by atoms with E-state index in [9.17, 15) is 18.0 Å². The highest BCUT2D eigenvalue weighted by molar-refractivity contribution is 7.90. The van der Waals surface area contributed by atoms with Crippen LogP contribution in [0.15, 0.2) is 83.9 Å². The molecule has 1 fully saturated rings. The van der Waals surface area contributed by atoms with Gasteiger partial charge < -0.3 is 19.9 Å². The number of carbonyl (C=O) groups is 2. The van der Waals surface area contributed by atoms with Crippen molar-refractivity contribution in [2.24, 2.45) is 0 Å². The molecular weight excluding hydrogens is 552 g/mol. The van der Waals surface area contributed by atoms with Gasteiger partial charge in [0.25, 0.3) is 0 Å². The fourth-order valence-electron chi connectivity index (χ4n) is 5.32. The van der Waals surface area contributed by atoms with Crippen molar-refractivity contribution in [1.82, 2.24) is 20.1 Å². The van der Waals surface area contributed by atoms with Crippen molar-refractivity contribution < 1.29 is 22.7 Å². The van der Waals surface area contributed by atoms with Gasteiger partial charge in [0.05, 0.1) is 23.6 Å². The van der Waals surface area contributed by atoms with E-state index < -0.39 is 15.9 Å². The zero-order chi connectivity index (χ0) is 30.0. The number of likely N-dealkylation sites (N-methyl/N-ethyl adjacent to an activating group) is 1. The van der Waals surface area contributed by atoms with E-state index in [-0.39, 0.29) is 29.4 Å². The number of nitrogens with zero attached hydrogens (tertiary/aromatic N) is 3. The Kier molecular flexibility index (Phi) is 11.1. The van der Waals surface area contributed by atoms with Crippen LogP contribution < -0.4 is 5.32 Å². The first-order valence-electron chi connectivity index (χ1n) is 14.4. The summed E-state index contributed by atoms with van der Waals surface area (Å²) in [4.78, 5) is 34.6. The van der Waals surface area contributed by atoms with Crippen molar-refractivity contribution in [2.75, 3.05) is 32.4 Å². The van der Waals surface area contributed by atoms with Crippen molar-refractivity contribution >= 4 is 21.8 Å². The van der Waals surface area contributed by atoms with Crippen molar-refractivity contribution in [1.29, 1.82) is 0 Å². The van der Waals surface area contributed by atoms with Gasteiger partial charge in [0, 0.05) is 51.1 Å². The fourth-order valence-corrected chi connectivity index (χ4v) is 5.95. The molecule has 0 spiro atoms. The first-order valence-corrected chi connectivity index (χ1v) is 16.3. The summed E-state index contributed by atoms with van der Waals surface area (Å²) in [5, 5.41) is 2.80. The highest BCUT2D eigenvalue weighted by Crippen LogP contribution is 2.24. The van der Waals surface area contributed by atoms with Gasteiger partial charge in [0.2, 0.25) is 5.91 Å². The van der Waals surface area contributed by atoms with Gasteiger partial charge in [-0.2, -0.15) is 0 Å². The molecule has 2 amide bonds. The second-order valence-electron chi connectivity index (χ2n) is 10.6. The van der Waals surface area contributed by atoms with Crippen LogP contribution in [-0.2, 0) is 32.3 Å². The molecule has 1 aliphatic heterocycles. The number of hydrogen-bond acceptors (Lipinski definition) is 7. The number of ether oxygens (including phenoxy) is 1. The number of benzene rings is 2. The van der Waals surface area contributed by atoms with Crippen LogP contribution in [0.1, 0.15) is 49.1 Å². The molecule has 1 unspecified atom stereocenters. The first-order chi connectivity index (χ1) is 20.2. The largest absolute Gasteiger partial charge is 0.441 e. The minimum atomic E-state index is -3.27. The number of likely N-dealkylation sites (tertiary alicyclic amines) is 1. The van der Waals surface area contributed by atoms with E-state index in [2.05, 4.69) is 15.2 Å². The quantitative estimate of drug-likeness (QED) is 0.332. The van der Waals surface area contributed by atoms with Crippen molar-refractivity contribution in [2.45, 2.75) is 56.2 Å². The number of piperidine rings is 1. The smallest absolute Gasteiger partial charge is 0.408 e. The Morgan fingerprint density at radius 1 is 1.02 bits per heavy atom. The minimum Gasteiger partial charge on any atom is -0.441 e. The van der Waals surface area contributed by atoms with Crippen molar-refractivity contribution in [3.63, 3.8) is 0 Å². The van der Waals surface area contributed by atoms with Crippen molar-refractivity contribution in [3.05, 3.63) is 95.8 Å². The molecule has 1 N–H and O–H groups in total. The Bertz CT molecular complexity index is 1390. The van der Waals surface area contributed by atoms with Crippen LogP contribution >= 0.6 is 0 Å². The number of sulfone groups is 1. The third-order valence-electron chi connectivity index (χ3n) is 7.63. The molecular formula is C32H40N4O5S. The van der Waals surface area contributed by atoms with Crippen LogP contribution in [0.4, 0.5) is 4.79 Å². The minimum absolute atomic E-state index is 0.0531. The highest BCUT2D eigenvalue weighted by Gasteiger charge is 2.28. The molecule has 1 atom stereocenters. The van der Waals surface area contributed by atoms with E-state index in [1.165, 1.54) is 6.26 Å². The van der Waals surface area contributed by atoms with E-state index in [1.54, 1.807) is 30.5 Å². The van der Waals surface area contributed by atoms with Gasteiger partial charge in [-0.3, -0.25) is 9.78 Å². The van der Waals surface area contributed by atoms with E-state index in [0.717, 1.165) is 49.3 Å². The summed E-state index contributed by atoms with van der Waals surface area (Å²) >= 11 is 0. The van der Waals surface area contributed by atoms with Gasteiger partial charge in [-0.1, -0.05) is 48.5 Å². The molecule has 0 saturated carbocycles. The van der Waals surface area contributed by atoms with Crippen LogP contribution in [0, 0.1) is 0 Å². The van der Waals surface area contributed by atoms with E-state index in [0.29, 0.717) is 19.5 Å².